The van der Waals surface area contributed by atoms with Crippen molar-refractivity contribution in [3.8, 4) is 55.6 Å². The molecule has 0 radical (unpaired) electrons. The van der Waals surface area contributed by atoms with Crippen molar-refractivity contribution in [3.63, 3.8) is 0 Å². The van der Waals surface area contributed by atoms with Crippen molar-refractivity contribution in [2.24, 2.45) is 0 Å². The van der Waals surface area contributed by atoms with Crippen LogP contribution in [0.4, 0.5) is 34.1 Å². The Hall–Kier alpha value is -9.96. The Morgan fingerprint density at radius 3 is 1.34 bits per heavy atom. The van der Waals surface area contributed by atoms with Gasteiger partial charge in [0, 0.05) is 49.9 Å². The van der Waals surface area contributed by atoms with Crippen molar-refractivity contribution < 1.29 is 4.42 Å². The minimum Gasteiger partial charge on any atom is -0.454 e. The van der Waals surface area contributed by atoms with E-state index >= 15 is 0 Å². The summed E-state index contributed by atoms with van der Waals surface area (Å²) in [5, 5.41) is 2.20. The Morgan fingerprint density at radius 1 is 0.306 bits per heavy atom. The molecule has 3 heteroatoms. The van der Waals surface area contributed by atoms with Gasteiger partial charge < -0.3 is 14.2 Å². The zero-order valence-corrected chi connectivity index (χ0v) is 49.0. The van der Waals surface area contributed by atoms with Crippen LogP contribution in [-0.4, -0.2) is 0 Å². The van der Waals surface area contributed by atoms with Gasteiger partial charge in [0.1, 0.15) is 5.58 Å². The van der Waals surface area contributed by atoms with Gasteiger partial charge in [-0.05, 0) is 188 Å². The molecular weight excluding hydrogens is 1030 g/mol. The molecule has 0 unspecified atom stereocenters. The average Bonchev–Trinajstić information content (AvgIpc) is 1.58. The van der Waals surface area contributed by atoms with Crippen LogP contribution in [0.15, 0.2) is 253 Å². The van der Waals surface area contributed by atoms with Gasteiger partial charge in [-0.1, -0.05) is 221 Å². The number of anilines is 6. The molecular formula is C82H62N2O. The normalized spacial score (nSPS) is 14.6. The molecule has 0 amide bonds. The van der Waals surface area contributed by atoms with Gasteiger partial charge >= 0.3 is 0 Å². The lowest BCUT2D eigenvalue weighted by Crippen LogP contribution is -2.26. The van der Waals surface area contributed by atoms with E-state index in [1.165, 1.54) is 111 Å². The first-order chi connectivity index (χ1) is 41.4. The summed E-state index contributed by atoms with van der Waals surface area (Å²) in [4.78, 5) is 4.95. The van der Waals surface area contributed by atoms with Gasteiger partial charge in [-0.3, -0.25) is 0 Å². The van der Waals surface area contributed by atoms with E-state index in [9.17, 15) is 0 Å². The van der Waals surface area contributed by atoms with E-state index in [2.05, 4.69) is 307 Å². The highest BCUT2D eigenvalue weighted by Gasteiger charge is 2.52. The maximum atomic E-state index is 6.94. The predicted octanol–water partition coefficient (Wildman–Crippen LogP) is 22.1. The van der Waals surface area contributed by atoms with Crippen LogP contribution in [0.5, 0.6) is 0 Å². The number of furan rings is 1. The Labute approximate surface area is 497 Å². The largest absolute Gasteiger partial charge is 0.454 e. The summed E-state index contributed by atoms with van der Waals surface area (Å²) < 4.78 is 6.94. The predicted molar refractivity (Wildman–Crippen MR) is 354 cm³/mol. The topological polar surface area (TPSA) is 19.6 Å². The van der Waals surface area contributed by atoms with Gasteiger partial charge in [-0.25, -0.2) is 0 Å². The number of aryl methyl sites for hydroxylation is 3. The summed E-state index contributed by atoms with van der Waals surface area (Å²) in [6, 6.07) is 93.8. The molecule has 1 heterocycles. The van der Waals surface area contributed by atoms with Gasteiger partial charge in [0.05, 0.1) is 16.8 Å². The van der Waals surface area contributed by atoms with Crippen LogP contribution in [0.2, 0.25) is 0 Å². The average molecular weight is 1090 g/mol. The van der Waals surface area contributed by atoms with Crippen LogP contribution in [0.25, 0.3) is 77.6 Å². The fraction of sp³-hybridized carbons (Fsp3) is 0.122. The molecule has 4 aliphatic rings. The highest BCUT2D eigenvalue weighted by molar-refractivity contribution is 6.11. The summed E-state index contributed by atoms with van der Waals surface area (Å²) in [6.45, 7) is 16.2. The summed E-state index contributed by atoms with van der Waals surface area (Å²) in [6.07, 6.45) is 0. The molecule has 3 nitrogen and oxygen atoms in total. The standard InChI is InChI=1S/C82H62N2O/c1-49-30-39-60-62-42-37-55(47-73(62)80(4,5)71(60)44-49)83(56-38-43-63-61-40-31-50(2)45-72(61)81(6,7)74(63)48-56)54-36-41-57(51(3)46-54)52-32-34-53(35-33-52)84(76-28-16-22-65-64-20-11-15-29-77(64)85-79(65)76)75-27-17-26-70-78(75)66-21-10-14-25-69(66)82(70)67-23-12-8-18-58(67)59-19-9-13-24-68(59)82/h8-48H,1-7H3. The molecule has 0 atom stereocenters. The van der Waals surface area contributed by atoms with E-state index in [4.69, 9.17) is 4.42 Å². The molecule has 0 bridgehead atoms. The second-order valence-electron chi connectivity index (χ2n) is 25.4. The van der Waals surface area contributed by atoms with Gasteiger partial charge in [-0.15, -0.1) is 0 Å². The smallest absolute Gasteiger partial charge is 0.159 e. The van der Waals surface area contributed by atoms with Crippen molar-refractivity contribution in [2.75, 3.05) is 9.80 Å². The molecule has 17 rings (SSSR count). The van der Waals surface area contributed by atoms with Crippen LogP contribution in [-0.2, 0) is 16.2 Å². The molecule has 0 fully saturated rings. The lowest BCUT2D eigenvalue weighted by Gasteiger charge is -2.31. The first-order valence-corrected chi connectivity index (χ1v) is 30.1. The Bertz CT molecular complexity index is 4850. The van der Waals surface area contributed by atoms with Gasteiger partial charge in [-0.2, -0.15) is 0 Å². The second-order valence-corrected chi connectivity index (χ2v) is 25.4. The molecule has 1 spiro atoms. The van der Waals surface area contributed by atoms with Gasteiger partial charge in [0.2, 0.25) is 0 Å². The second kappa shape index (κ2) is 17.8. The monoisotopic (exact) mass is 1090 g/mol. The molecule has 0 aliphatic heterocycles. The molecule has 0 saturated carbocycles. The number of para-hydroxylation sites is 2. The minimum absolute atomic E-state index is 0.153. The van der Waals surface area contributed by atoms with Crippen molar-refractivity contribution in [1.82, 2.24) is 0 Å². The van der Waals surface area contributed by atoms with Crippen molar-refractivity contribution in [3.05, 3.63) is 310 Å². The lowest BCUT2D eigenvalue weighted by molar-refractivity contribution is 0.659. The third-order valence-corrected chi connectivity index (χ3v) is 19.9. The quantitative estimate of drug-likeness (QED) is 0.159. The number of benzene rings is 12. The number of nitrogens with zero attached hydrogens (tertiary/aromatic N) is 2. The zero-order valence-electron chi connectivity index (χ0n) is 49.0. The Kier molecular flexibility index (Phi) is 10.4. The zero-order chi connectivity index (χ0) is 57.3. The number of fused-ring (bicyclic) bond motifs is 19. The third kappa shape index (κ3) is 6.84. The maximum Gasteiger partial charge on any atom is 0.159 e. The third-order valence-electron chi connectivity index (χ3n) is 19.9. The van der Waals surface area contributed by atoms with Gasteiger partial charge in [0.25, 0.3) is 0 Å². The van der Waals surface area contributed by atoms with E-state index in [-0.39, 0.29) is 10.8 Å². The first kappa shape index (κ1) is 49.6. The van der Waals surface area contributed by atoms with E-state index < -0.39 is 5.41 Å². The summed E-state index contributed by atoms with van der Waals surface area (Å²) in [5.41, 5.74) is 34.8. The number of rotatable bonds is 7. The molecule has 4 aliphatic carbocycles. The SMILES string of the molecule is Cc1ccc2c(c1)C(C)(C)c1cc(N(c3ccc(-c4ccc(N(c5cccc6c5-c5ccccc5C65c6ccccc6-c6ccccc65)c5cccc6c5oc5ccccc56)cc4)c(C)c3)c3ccc4c(c3)C(C)(C)c3cc(C)ccc3-4)ccc1-2. The maximum absolute atomic E-state index is 6.94. The molecule has 1 aromatic heterocycles. The highest BCUT2D eigenvalue weighted by atomic mass is 16.3. The highest BCUT2D eigenvalue weighted by Crippen LogP contribution is 2.65. The van der Waals surface area contributed by atoms with Crippen molar-refractivity contribution in [1.29, 1.82) is 0 Å². The molecule has 406 valence electrons. The summed E-state index contributed by atoms with van der Waals surface area (Å²) in [7, 11) is 0. The molecule has 0 saturated heterocycles. The molecule has 13 aromatic rings. The van der Waals surface area contributed by atoms with Crippen LogP contribution < -0.4 is 9.80 Å². The molecule has 85 heavy (non-hydrogen) atoms. The molecule has 12 aromatic carbocycles. The van der Waals surface area contributed by atoms with E-state index in [1.807, 2.05) is 0 Å². The fourth-order valence-electron chi connectivity index (χ4n) is 15.9. The van der Waals surface area contributed by atoms with Crippen molar-refractivity contribution >= 4 is 56.1 Å². The first-order valence-electron chi connectivity index (χ1n) is 30.1. The van der Waals surface area contributed by atoms with E-state index in [1.54, 1.807) is 0 Å². The summed E-state index contributed by atoms with van der Waals surface area (Å²) >= 11 is 0. The van der Waals surface area contributed by atoms with Gasteiger partial charge in [0.15, 0.2) is 5.58 Å². The Balaban J connectivity index is 0.810. The lowest BCUT2D eigenvalue weighted by atomic mass is 9.70. The van der Waals surface area contributed by atoms with Crippen LogP contribution in [0, 0.1) is 20.8 Å². The van der Waals surface area contributed by atoms with Crippen LogP contribution in [0.1, 0.15) is 88.9 Å². The summed E-state index contributed by atoms with van der Waals surface area (Å²) in [5.74, 6) is 0. The van der Waals surface area contributed by atoms with Crippen LogP contribution in [0.3, 0.4) is 0 Å². The van der Waals surface area contributed by atoms with Crippen LogP contribution >= 0.6 is 0 Å². The number of hydrogen-bond acceptors (Lipinski definition) is 3. The Morgan fingerprint density at radius 2 is 0.741 bits per heavy atom. The van der Waals surface area contributed by atoms with E-state index in [0.717, 1.165) is 61.6 Å². The minimum atomic E-state index is -0.486. The molecule has 0 N–H and O–H groups in total. The fourth-order valence-corrected chi connectivity index (χ4v) is 15.9. The number of hydrogen-bond donors (Lipinski definition) is 0. The van der Waals surface area contributed by atoms with E-state index in [0.29, 0.717) is 0 Å². The van der Waals surface area contributed by atoms with Crippen molar-refractivity contribution in [2.45, 2.75) is 64.7 Å².